The van der Waals surface area contributed by atoms with Gasteiger partial charge in [-0.2, -0.15) is 0 Å². The van der Waals surface area contributed by atoms with Crippen LogP contribution in [0.2, 0.25) is 10.0 Å². The van der Waals surface area contributed by atoms with E-state index in [9.17, 15) is 4.79 Å². The monoisotopic (exact) mass is 538 g/mol. The number of nitrogens with one attached hydrogen (secondary N) is 2. The predicted octanol–water partition coefficient (Wildman–Crippen LogP) is 6.81. The normalized spacial score (nSPS) is 10.6. The highest BCUT2D eigenvalue weighted by Gasteiger charge is 2.21. The summed E-state index contributed by atoms with van der Waals surface area (Å²) in [7, 11) is 4.54. The van der Waals surface area contributed by atoms with E-state index in [0.29, 0.717) is 61.3 Å². The number of hydrogen-bond donors (Lipinski definition) is 2. The minimum absolute atomic E-state index is 0.294. The number of ether oxygens (including phenoxy) is 3. The van der Waals surface area contributed by atoms with Crippen molar-refractivity contribution >= 4 is 57.1 Å². The van der Waals surface area contributed by atoms with Crippen molar-refractivity contribution in [3.05, 3.63) is 70.9 Å². The van der Waals surface area contributed by atoms with Crippen molar-refractivity contribution in [3.63, 3.8) is 0 Å². The number of halogens is 2. The lowest BCUT2D eigenvalue weighted by Crippen LogP contribution is -2.10. The van der Waals surface area contributed by atoms with Crippen molar-refractivity contribution < 1.29 is 19.0 Å². The molecule has 0 saturated carbocycles. The first-order chi connectivity index (χ1) is 17.8. The summed E-state index contributed by atoms with van der Waals surface area (Å²) >= 11 is 13.2. The summed E-state index contributed by atoms with van der Waals surface area (Å²) in [4.78, 5) is 21.1. The molecule has 0 radical (unpaired) electrons. The van der Waals surface area contributed by atoms with E-state index in [2.05, 4.69) is 27.2 Å². The molecule has 0 fully saturated rings. The van der Waals surface area contributed by atoms with Gasteiger partial charge in [-0.25, -0.2) is 9.97 Å². The van der Waals surface area contributed by atoms with Gasteiger partial charge < -0.3 is 24.8 Å². The predicted molar refractivity (Wildman–Crippen MR) is 148 cm³/mol. The molecule has 0 atom stereocenters. The van der Waals surface area contributed by atoms with Gasteiger partial charge in [0.1, 0.15) is 17.3 Å². The number of hydrogen-bond acceptors (Lipinski definition) is 7. The number of pyridine rings is 2. The summed E-state index contributed by atoms with van der Waals surface area (Å²) in [5, 5.41) is 8.13. The zero-order valence-corrected chi connectivity index (χ0v) is 22.1. The molecule has 1 amide bonds. The first-order valence-electron chi connectivity index (χ1n) is 11.1. The van der Waals surface area contributed by atoms with E-state index in [0.717, 1.165) is 10.9 Å². The quantitative estimate of drug-likeness (QED) is 0.238. The molecule has 0 unspecified atom stereocenters. The number of benzene rings is 2. The third-order valence-corrected chi connectivity index (χ3v) is 6.42. The van der Waals surface area contributed by atoms with Gasteiger partial charge in [-0.15, -0.1) is 0 Å². The van der Waals surface area contributed by atoms with Gasteiger partial charge in [-0.1, -0.05) is 41.9 Å². The van der Waals surface area contributed by atoms with Gasteiger partial charge in [0, 0.05) is 28.6 Å². The zero-order chi connectivity index (χ0) is 26.7. The van der Waals surface area contributed by atoms with Crippen LogP contribution in [0.1, 0.15) is 5.56 Å². The lowest BCUT2D eigenvalue weighted by Gasteiger charge is -2.17. The molecular formula is C27H24Cl2N4O4. The molecule has 10 heteroatoms. The lowest BCUT2D eigenvalue weighted by molar-refractivity contribution is -0.111. The largest absolute Gasteiger partial charge is 0.495 e. The van der Waals surface area contributed by atoms with Crippen LogP contribution >= 0.6 is 23.2 Å². The van der Waals surface area contributed by atoms with Gasteiger partial charge in [-0.05, 0) is 36.8 Å². The Balaban J connectivity index is 1.81. The number of anilines is 3. The fraction of sp³-hybridized carbons (Fsp3) is 0.148. The Morgan fingerprint density at radius 2 is 1.73 bits per heavy atom. The maximum Gasteiger partial charge on any atom is 0.247 e. The van der Waals surface area contributed by atoms with E-state index < -0.39 is 0 Å². The van der Waals surface area contributed by atoms with Crippen molar-refractivity contribution in [2.75, 3.05) is 32.0 Å². The number of methoxy groups -OCH3 is 3. The van der Waals surface area contributed by atoms with E-state index in [1.165, 1.54) is 27.4 Å². The average molecular weight is 539 g/mol. The summed E-state index contributed by atoms with van der Waals surface area (Å²) < 4.78 is 16.4. The molecule has 2 heterocycles. The summed E-state index contributed by atoms with van der Waals surface area (Å²) in [5.41, 5.74) is 3.14. The highest BCUT2D eigenvalue weighted by atomic mass is 35.5. The Labute approximate surface area is 224 Å². The summed E-state index contributed by atoms with van der Waals surface area (Å²) in [6, 6.07) is 10.8. The van der Waals surface area contributed by atoms with Gasteiger partial charge in [-0.3, -0.25) is 4.79 Å². The first-order valence-corrected chi connectivity index (χ1v) is 11.8. The second-order valence-electron chi connectivity index (χ2n) is 7.91. The number of amides is 1. The summed E-state index contributed by atoms with van der Waals surface area (Å²) in [6.45, 7) is 5.44. The van der Waals surface area contributed by atoms with Crippen LogP contribution in [0.25, 0.3) is 22.0 Å². The summed E-state index contributed by atoms with van der Waals surface area (Å²) in [5.74, 6) is 1.35. The van der Waals surface area contributed by atoms with Crippen LogP contribution in [0.15, 0.2) is 55.3 Å². The van der Waals surface area contributed by atoms with Crippen LogP contribution in [0.5, 0.6) is 17.4 Å². The Hall–Kier alpha value is -4.01. The second kappa shape index (κ2) is 10.9. The fourth-order valence-corrected chi connectivity index (χ4v) is 4.52. The second-order valence-corrected chi connectivity index (χ2v) is 8.66. The van der Waals surface area contributed by atoms with Crippen molar-refractivity contribution in [2.24, 2.45) is 0 Å². The highest BCUT2D eigenvalue weighted by Crippen LogP contribution is 2.46. The molecule has 190 valence electrons. The number of aryl methyl sites for hydroxylation is 1. The van der Waals surface area contributed by atoms with Crippen molar-refractivity contribution in [3.8, 4) is 28.6 Å². The van der Waals surface area contributed by atoms with Gasteiger partial charge >= 0.3 is 0 Å². The third-order valence-electron chi connectivity index (χ3n) is 5.67. The molecule has 0 saturated heterocycles. The van der Waals surface area contributed by atoms with Crippen LogP contribution in [0, 0.1) is 6.92 Å². The topological polar surface area (TPSA) is 94.6 Å². The van der Waals surface area contributed by atoms with E-state index >= 15 is 0 Å². The van der Waals surface area contributed by atoms with E-state index in [4.69, 9.17) is 37.4 Å². The molecule has 0 aliphatic carbocycles. The molecule has 37 heavy (non-hydrogen) atoms. The third kappa shape index (κ3) is 5.12. The molecule has 4 aromatic rings. The lowest BCUT2D eigenvalue weighted by atomic mass is 10.1. The van der Waals surface area contributed by atoms with Gasteiger partial charge in [0.2, 0.25) is 11.8 Å². The maximum atomic E-state index is 11.9. The number of carbonyl (C=O) groups excluding carboxylic acids is 1. The van der Waals surface area contributed by atoms with Gasteiger partial charge in [0.15, 0.2) is 0 Å². The minimum atomic E-state index is -0.315. The van der Waals surface area contributed by atoms with Gasteiger partial charge in [0.25, 0.3) is 0 Å². The zero-order valence-electron chi connectivity index (χ0n) is 20.6. The molecule has 2 N–H and O–H groups in total. The van der Waals surface area contributed by atoms with Crippen LogP contribution < -0.4 is 24.8 Å². The van der Waals surface area contributed by atoms with Crippen molar-refractivity contribution in [2.45, 2.75) is 6.92 Å². The Morgan fingerprint density at radius 3 is 2.35 bits per heavy atom. The van der Waals surface area contributed by atoms with Crippen molar-refractivity contribution in [1.29, 1.82) is 0 Å². The Morgan fingerprint density at radius 1 is 1.03 bits per heavy atom. The van der Waals surface area contributed by atoms with E-state index in [1.54, 1.807) is 18.3 Å². The molecule has 8 nitrogen and oxygen atoms in total. The van der Waals surface area contributed by atoms with Crippen LogP contribution in [-0.4, -0.2) is 37.2 Å². The molecule has 0 aliphatic heterocycles. The Kier molecular flexibility index (Phi) is 7.71. The fourth-order valence-electron chi connectivity index (χ4n) is 3.83. The molecular weight excluding hydrogens is 515 g/mol. The number of aromatic nitrogens is 2. The van der Waals surface area contributed by atoms with Crippen LogP contribution in [0.3, 0.4) is 0 Å². The van der Waals surface area contributed by atoms with Crippen LogP contribution in [-0.2, 0) is 4.79 Å². The maximum absolute atomic E-state index is 11.9. The molecule has 2 aromatic heterocycles. The molecule has 4 rings (SSSR count). The number of para-hydroxylation sites is 1. The highest BCUT2D eigenvalue weighted by molar-refractivity contribution is 6.41. The molecule has 0 bridgehead atoms. The SMILES string of the molecule is C=CC(=O)Nc1cccc(C)c1Nc1cc2c(OC)nc(-c3c(Cl)c(OC)cc(OC)c3Cl)cc2cn1. The van der Waals surface area contributed by atoms with Crippen molar-refractivity contribution in [1.82, 2.24) is 9.97 Å². The standard InChI is InChI=1S/C27H24Cl2N4O4/c1-6-22(34)31-17-9-7-8-14(2)26(17)33-21-11-16-15(13-30-21)10-18(32-27(16)37-5)23-24(28)19(35-3)12-20(36-4)25(23)29/h6-13H,1H2,2-5H3,(H,30,33)(H,31,34). The van der Waals surface area contributed by atoms with Gasteiger partial charge in [0.05, 0.1) is 48.4 Å². The molecule has 0 spiro atoms. The number of rotatable bonds is 8. The minimum Gasteiger partial charge on any atom is -0.495 e. The first kappa shape index (κ1) is 26.1. The van der Waals surface area contributed by atoms with Crippen LogP contribution in [0.4, 0.5) is 17.2 Å². The molecule has 0 aliphatic rings. The van der Waals surface area contributed by atoms with E-state index in [-0.39, 0.29) is 5.91 Å². The smallest absolute Gasteiger partial charge is 0.247 e. The van der Waals surface area contributed by atoms with E-state index in [1.807, 2.05) is 31.2 Å². The average Bonchev–Trinajstić information content (AvgIpc) is 2.90. The summed E-state index contributed by atoms with van der Waals surface area (Å²) in [6.07, 6.45) is 2.90. The number of carbonyl (C=O) groups is 1. The number of nitrogens with zero attached hydrogens (tertiary/aromatic N) is 2. The molecule has 2 aromatic carbocycles. The Bertz CT molecular complexity index is 1500. The number of fused-ring (bicyclic) bond motifs is 1.